The molecule has 0 saturated carbocycles. The summed E-state index contributed by atoms with van der Waals surface area (Å²) in [6.45, 7) is 6.64. The average molecular weight is 397 g/mol. The van der Waals surface area contributed by atoms with Crippen LogP contribution in [0.3, 0.4) is 0 Å². The molecule has 1 aromatic heterocycles. The van der Waals surface area contributed by atoms with Crippen LogP contribution in [-0.2, 0) is 6.54 Å². The molecule has 0 aliphatic heterocycles. The predicted octanol–water partition coefficient (Wildman–Crippen LogP) is 2.48. The van der Waals surface area contributed by atoms with Gasteiger partial charge in [0.1, 0.15) is 5.82 Å². The van der Waals surface area contributed by atoms with Gasteiger partial charge in [-0.3, -0.25) is 19.1 Å². The van der Waals surface area contributed by atoms with Gasteiger partial charge in [0.05, 0.1) is 11.6 Å². The molecule has 0 aliphatic rings. The van der Waals surface area contributed by atoms with Crippen LogP contribution in [0, 0.1) is 17.2 Å². The number of benzene rings is 1. The van der Waals surface area contributed by atoms with Crippen molar-refractivity contribution >= 4 is 17.4 Å². The Hall–Kier alpha value is -3.34. The Labute approximate surface area is 169 Å². The first kappa shape index (κ1) is 22.0. The standard InChI is InChI=1S/C21H27N5O3/c1-4-5-11-26-18(23)17(19(27)24-21(26)29)25(12-10-14(2)3)20(28)16-8-6-15(13-22)7-9-16/h6-9,14H,4-5,10-12,23H2,1-3H3,(H,24,27,29). The summed E-state index contributed by atoms with van der Waals surface area (Å²) in [5.41, 5.74) is 5.67. The lowest BCUT2D eigenvalue weighted by atomic mass is 10.1. The van der Waals surface area contributed by atoms with Crippen LogP contribution in [0.15, 0.2) is 33.9 Å². The van der Waals surface area contributed by atoms with Gasteiger partial charge in [0.15, 0.2) is 5.69 Å². The number of H-pyrrole nitrogens is 1. The number of nitrogen functional groups attached to an aromatic ring is 1. The molecule has 0 saturated heterocycles. The first-order valence-corrected chi connectivity index (χ1v) is 9.74. The van der Waals surface area contributed by atoms with Crippen molar-refractivity contribution in [1.82, 2.24) is 9.55 Å². The smallest absolute Gasteiger partial charge is 0.330 e. The zero-order chi connectivity index (χ0) is 21.6. The van der Waals surface area contributed by atoms with Gasteiger partial charge < -0.3 is 10.6 Å². The number of hydrogen-bond acceptors (Lipinski definition) is 5. The van der Waals surface area contributed by atoms with Crippen LogP contribution < -0.4 is 21.9 Å². The summed E-state index contributed by atoms with van der Waals surface area (Å²) in [5.74, 6) is -0.136. The molecule has 0 aliphatic carbocycles. The fourth-order valence-corrected chi connectivity index (χ4v) is 2.92. The molecule has 2 aromatic rings. The maximum atomic E-state index is 13.2. The summed E-state index contributed by atoms with van der Waals surface area (Å²) in [5, 5.41) is 8.96. The highest BCUT2D eigenvalue weighted by molar-refractivity contribution is 6.07. The van der Waals surface area contributed by atoms with E-state index in [0.717, 1.165) is 6.42 Å². The highest BCUT2D eigenvalue weighted by Gasteiger charge is 2.25. The summed E-state index contributed by atoms with van der Waals surface area (Å²) in [4.78, 5) is 41.7. The second-order valence-electron chi connectivity index (χ2n) is 7.33. The number of unbranched alkanes of at least 4 members (excludes halogenated alkanes) is 1. The minimum atomic E-state index is -0.689. The summed E-state index contributed by atoms with van der Waals surface area (Å²) in [6, 6.07) is 8.18. The van der Waals surface area contributed by atoms with Gasteiger partial charge in [-0.05, 0) is 43.0 Å². The monoisotopic (exact) mass is 397 g/mol. The molecule has 1 aromatic carbocycles. The van der Waals surface area contributed by atoms with E-state index in [1.807, 2.05) is 26.8 Å². The van der Waals surface area contributed by atoms with Crippen molar-refractivity contribution in [2.24, 2.45) is 5.92 Å². The number of nitriles is 1. The number of nitrogens with two attached hydrogens (primary N) is 1. The highest BCUT2D eigenvalue weighted by atomic mass is 16.2. The van der Waals surface area contributed by atoms with E-state index in [4.69, 9.17) is 11.0 Å². The molecule has 8 nitrogen and oxygen atoms in total. The van der Waals surface area contributed by atoms with E-state index >= 15 is 0 Å². The molecule has 154 valence electrons. The zero-order valence-electron chi connectivity index (χ0n) is 17.1. The topological polar surface area (TPSA) is 125 Å². The van der Waals surface area contributed by atoms with Crippen LogP contribution in [0.25, 0.3) is 0 Å². The molecule has 29 heavy (non-hydrogen) atoms. The van der Waals surface area contributed by atoms with E-state index in [1.54, 1.807) is 24.3 Å². The van der Waals surface area contributed by atoms with Gasteiger partial charge in [0.2, 0.25) is 0 Å². The Kier molecular flexibility index (Phi) is 7.37. The lowest BCUT2D eigenvalue weighted by molar-refractivity contribution is 0.0985. The van der Waals surface area contributed by atoms with Crippen LogP contribution in [0.5, 0.6) is 0 Å². The SMILES string of the molecule is CCCCn1c(N)c(N(CCC(C)C)C(=O)c2ccc(C#N)cc2)c(=O)[nH]c1=O. The lowest BCUT2D eigenvalue weighted by Crippen LogP contribution is -2.42. The van der Waals surface area contributed by atoms with Crippen molar-refractivity contribution in [2.75, 3.05) is 17.2 Å². The van der Waals surface area contributed by atoms with E-state index in [0.29, 0.717) is 30.5 Å². The Morgan fingerprint density at radius 2 is 1.93 bits per heavy atom. The maximum Gasteiger partial charge on any atom is 0.330 e. The normalized spacial score (nSPS) is 10.7. The van der Waals surface area contributed by atoms with Gasteiger partial charge in [-0.2, -0.15) is 5.26 Å². The predicted molar refractivity (Wildman–Crippen MR) is 113 cm³/mol. The number of carbonyl (C=O) groups excluding carboxylic acids is 1. The summed E-state index contributed by atoms with van der Waals surface area (Å²) < 4.78 is 1.30. The van der Waals surface area contributed by atoms with Crippen LogP contribution in [-0.4, -0.2) is 22.0 Å². The van der Waals surface area contributed by atoms with E-state index < -0.39 is 17.2 Å². The highest BCUT2D eigenvalue weighted by Crippen LogP contribution is 2.21. The number of rotatable bonds is 8. The molecule has 8 heteroatoms. The molecular weight excluding hydrogens is 370 g/mol. The molecule has 0 fully saturated rings. The van der Waals surface area contributed by atoms with E-state index in [-0.39, 0.29) is 24.0 Å². The van der Waals surface area contributed by atoms with Gasteiger partial charge in [-0.25, -0.2) is 4.79 Å². The van der Waals surface area contributed by atoms with Gasteiger partial charge in [0.25, 0.3) is 11.5 Å². The molecule has 0 spiro atoms. The summed E-state index contributed by atoms with van der Waals surface area (Å²) in [6.07, 6.45) is 2.21. The molecule has 2 rings (SSSR count). The lowest BCUT2D eigenvalue weighted by Gasteiger charge is -2.25. The number of amides is 1. The Morgan fingerprint density at radius 3 is 2.48 bits per heavy atom. The van der Waals surface area contributed by atoms with Crippen LogP contribution in [0.2, 0.25) is 0 Å². The fraction of sp³-hybridized carbons (Fsp3) is 0.429. The number of nitrogens with one attached hydrogen (secondary N) is 1. The van der Waals surface area contributed by atoms with Gasteiger partial charge in [-0.1, -0.05) is 27.2 Å². The molecule has 0 unspecified atom stereocenters. The second-order valence-corrected chi connectivity index (χ2v) is 7.33. The maximum absolute atomic E-state index is 13.2. The summed E-state index contributed by atoms with van der Waals surface area (Å²) in [7, 11) is 0. The Morgan fingerprint density at radius 1 is 1.28 bits per heavy atom. The van der Waals surface area contributed by atoms with Crippen LogP contribution in [0.1, 0.15) is 56.0 Å². The molecular formula is C21H27N5O3. The quantitative estimate of drug-likeness (QED) is 0.708. The van der Waals surface area contributed by atoms with Gasteiger partial charge >= 0.3 is 5.69 Å². The van der Waals surface area contributed by atoms with E-state index in [1.165, 1.54) is 9.47 Å². The number of nitrogens with zero attached hydrogens (tertiary/aromatic N) is 3. The second kappa shape index (κ2) is 9.73. The van der Waals surface area contributed by atoms with E-state index in [2.05, 4.69) is 4.98 Å². The van der Waals surface area contributed by atoms with Crippen molar-refractivity contribution in [3.63, 3.8) is 0 Å². The number of anilines is 2. The average Bonchev–Trinajstić information content (AvgIpc) is 2.69. The first-order valence-electron chi connectivity index (χ1n) is 9.74. The van der Waals surface area contributed by atoms with Crippen molar-refractivity contribution in [2.45, 2.75) is 46.6 Å². The number of aromatic amines is 1. The van der Waals surface area contributed by atoms with Crippen molar-refractivity contribution < 1.29 is 4.79 Å². The summed E-state index contributed by atoms with van der Waals surface area (Å²) >= 11 is 0. The van der Waals surface area contributed by atoms with Crippen molar-refractivity contribution in [1.29, 1.82) is 5.26 Å². The third-order valence-electron chi connectivity index (χ3n) is 4.66. The number of hydrogen-bond donors (Lipinski definition) is 2. The molecule has 1 amide bonds. The van der Waals surface area contributed by atoms with Gasteiger partial charge in [0, 0.05) is 18.7 Å². The zero-order valence-corrected chi connectivity index (χ0v) is 17.1. The van der Waals surface area contributed by atoms with Crippen LogP contribution >= 0.6 is 0 Å². The van der Waals surface area contributed by atoms with Gasteiger partial charge in [-0.15, -0.1) is 0 Å². The fourth-order valence-electron chi connectivity index (χ4n) is 2.92. The van der Waals surface area contributed by atoms with Crippen molar-refractivity contribution in [3.05, 3.63) is 56.2 Å². The number of aromatic nitrogens is 2. The molecule has 1 heterocycles. The molecule has 3 N–H and O–H groups in total. The third kappa shape index (κ3) is 5.13. The van der Waals surface area contributed by atoms with Crippen LogP contribution in [0.4, 0.5) is 11.5 Å². The van der Waals surface area contributed by atoms with E-state index in [9.17, 15) is 14.4 Å². The minimum Gasteiger partial charge on any atom is -0.383 e. The largest absolute Gasteiger partial charge is 0.383 e. The minimum absolute atomic E-state index is 0.0158. The molecule has 0 radical (unpaired) electrons. The number of carbonyl (C=O) groups is 1. The molecule has 0 atom stereocenters. The van der Waals surface area contributed by atoms with Crippen molar-refractivity contribution in [3.8, 4) is 6.07 Å². The first-order chi connectivity index (χ1) is 13.8. The Bertz CT molecular complexity index is 1010. The molecule has 0 bridgehead atoms. The Balaban J connectivity index is 2.57. The third-order valence-corrected chi connectivity index (χ3v) is 4.66.